The fourth-order valence-corrected chi connectivity index (χ4v) is 6.03. The van der Waals surface area contributed by atoms with Crippen molar-refractivity contribution in [3.8, 4) is 23.1 Å². The molecule has 0 atom stereocenters. The van der Waals surface area contributed by atoms with Crippen LogP contribution in [0.15, 0.2) is 108 Å². The third kappa shape index (κ3) is 5.02. The van der Waals surface area contributed by atoms with E-state index in [4.69, 9.17) is 14.2 Å². The number of fused-ring (bicyclic) bond motifs is 3. The van der Waals surface area contributed by atoms with Crippen molar-refractivity contribution in [2.45, 2.75) is 25.7 Å². The number of carbonyl (C=O) groups is 2. The zero-order valence-electron chi connectivity index (χ0n) is 24.9. The monoisotopic (exact) mass is 598 g/mol. The van der Waals surface area contributed by atoms with Crippen molar-refractivity contribution in [1.29, 1.82) is 0 Å². The summed E-state index contributed by atoms with van der Waals surface area (Å²) in [5.74, 6) is 1.23. The van der Waals surface area contributed by atoms with E-state index in [2.05, 4.69) is 21.4 Å². The minimum atomic E-state index is -0.428. The van der Waals surface area contributed by atoms with Crippen LogP contribution >= 0.6 is 0 Å². The summed E-state index contributed by atoms with van der Waals surface area (Å²) in [6.45, 7) is 0. The molecule has 0 spiro atoms. The predicted octanol–water partition coefficient (Wildman–Crippen LogP) is 7.33. The lowest BCUT2D eigenvalue weighted by Gasteiger charge is -2.19. The molecule has 2 heterocycles. The molecule has 45 heavy (non-hydrogen) atoms. The van der Waals surface area contributed by atoms with Crippen molar-refractivity contribution < 1.29 is 23.8 Å². The van der Waals surface area contributed by atoms with E-state index in [9.17, 15) is 9.59 Å². The largest absolute Gasteiger partial charge is 0.493 e. The molecule has 1 aromatic heterocycles. The van der Waals surface area contributed by atoms with Gasteiger partial charge in [-0.2, -0.15) is 0 Å². The molecular weight excluding hydrogens is 568 g/mol. The van der Waals surface area contributed by atoms with Gasteiger partial charge in [0, 0.05) is 33.9 Å². The molecule has 1 aliphatic heterocycles. The summed E-state index contributed by atoms with van der Waals surface area (Å²) in [5, 5.41) is 5.22. The second-order valence-corrected chi connectivity index (χ2v) is 10.8. The molecule has 4 aromatic carbocycles. The average Bonchev–Trinajstić information content (AvgIpc) is 3.18. The van der Waals surface area contributed by atoms with Crippen LogP contribution in [-0.2, 0) is 9.59 Å². The maximum atomic E-state index is 13.9. The van der Waals surface area contributed by atoms with Gasteiger partial charge in [0.2, 0.25) is 5.88 Å². The Morgan fingerprint density at radius 3 is 2.38 bits per heavy atom. The number of aromatic nitrogens is 2. The van der Waals surface area contributed by atoms with Crippen LogP contribution in [0.2, 0.25) is 0 Å². The Bertz CT molecular complexity index is 2040. The molecule has 224 valence electrons. The normalized spacial score (nSPS) is 14.7. The number of methoxy groups -OCH3 is 2. The van der Waals surface area contributed by atoms with Gasteiger partial charge in [-0.25, -0.2) is 9.97 Å². The number of carbonyl (C=O) groups excluding carboxylic acids is 2. The minimum absolute atomic E-state index is 0.188. The van der Waals surface area contributed by atoms with Crippen LogP contribution in [0.1, 0.15) is 25.7 Å². The van der Waals surface area contributed by atoms with E-state index in [0.717, 1.165) is 47.0 Å². The van der Waals surface area contributed by atoms with Crippen molar-refractivity contribution in [3.05, 3.63) is 108 Å². The summed E-state index contributed by atoms with van der Waals surface area (Å²) in [6, 6.07) is 24.2. The smallest absolute Gasteiger partial charge is 0.268 e. The molecule has 0 saturated heterocycles. The van der Waals surface area contributed by atoms with Gasteiger partial charge in [0.15, 0.2) is 11.5 Å². The van der Waals surface area contributed by atoms with Crippen LogP contribution in [0.3, 0.4) is 0 Å². The topological polar surface area (TPSA) is 103 Å². The van der Waals surface area contributed by atoms with E-state index in [1.54, 1.807) is 43.4 Å². The van der Waals surface area contributed by atoms with Gasteiger partial charge < -0.3 is 19.5 Å². The molecule has 1 aliphatic carbocycles. The van der Waals surface area contributed by atoms with Crippen molar-refractivity contribution in [2.24, 2.45) is 0 Å². The number of para-hydroxylation sites is 1. The van der Waals surface area contributed by atoms with Crippen LogP contribution in [-0.4, -0.2) is 36.0 Å². The van der Waals surface area contributed by atoms with E-state index in [1.807, 2.05) is 54.6 Å². The lowest BCUT2D eigenvalue weighted by Crippen LogP contribution is -2.29. The molecule has 1 N–H and O–H groups in total. The van der Waals surface area contributed by atoms with Gasteiger partial charge in [0.05, 0.1) is 25.1 Å². The number of amides is 2. The number of hydrogen-bond donors (Lipinski definition) is 1. The molecular formula is C36H30N4O5. The van der Waals surface area contributed by atoms with Crippen LogP contribution in [0, 0.1) is 0 Å². The van der Waals surface area contributed by atoms with Gasteiger partial charge in [0.1, 0.15) is 17.6 Å². The SMILES string of the molecule is COc1cc2ncnc(Oc3ccc(NC(=O)C4=C5CCCCC=C5N(c5ccccc5)C4=O)c4ccccc34)c2cc1OC. The zero-order chi connectivity index (χ0) is 30.9. The highest BCUT2D eigenvalue weighted by atomic mass is 16.5. The fourth-order valence-electron chi connectivity index (χ4n) is 6.03. The highest BCUT2D eigenvalue weighted by Crippen LogP contribution is 2.41. The van der Waals surface area contributed by atoms with Gasteiger partial charge in [-0.3, -0.25) is 14.5 Å². The minimum Gasteiger partial charge on any atom is -0.493 e. The Labute approximate surface area is 259 Å². The van der Waals surface area contributed by atoms with Gasteiger partial charge >= 0.3 is 0 Å². The predicted molar refractivity (Wildman–Crippen MR) is 173 cm³/mol. The summed E-state index contributed by atoms with van der Waals surface area (Å²) in [7, 11) is 3.14. The molecule has 2 amide bonds. The van der Waals surface area contributed by atoms with E-state index < -0.39 is 5.91 Å². The van der Waals surface area contributed by atoms with Crippen molar-refractivity contribution in [3.63, 3.8) is 0 Å². The first kappa shape index (κ1) is 28.1. The number of benzene rings is 4. The first-order chi connectivity index (χ1) is 22.1. The number of hydrogen-bond acceptors (Lipinski definition) is 7. The molecule has 9 heteroatoms. The van der Waals surface area contributed by atoms with Gasteiger partial charge in [-0.1, -0.05) is 48.5 Å². The van der Waals surface area contributed by atoms with Gasteiger partial charge in [0.25, 0.3) is 11.8 Å². The number of nitrogens with one attached hydrogen (secondary N) is 1. The number of allylic oxidation sites excluding steroid dienone is 2. The number of anilines is 2. The van der Waals surface area contributed by atoms with E-state index >= 15 is 0 Å². The first-order valence-corrected chi connectivity index (χ1v) is 14.8. The Morgan fingerprint density at radius 2 is 1.58 bits per heavy atom. The van der Waals surface area contributed by atoms with Crippen LogP contribution in [0.25, 0.3) is 21.7 Å². The highest BCUT2D eigenvalue weighted by molar-refractivity contribution is 6.32. The summed E-state index contributed by atoms with van der Waals surface area (Å²) < 4.78 is 17.3. The summed E-state index contributed by atoms with van der Waals surface area (Å²) >= 11 is 0. The Morgan fingerprint density at radius 1 is 0.822 bits per heavy atom. The molecule has 0 unspecified atom stereocenters. The highest BCUT2D eigenvalue weighted by Gasteiger charge is 2.39. The Hall–Kier alpha value is -5.70. The average molecular weight is 599 g/mol. The summed E-state index contributed by atoms with van der Waals surface area (Å²) in [6.07, 6.45) is 6.96. The standard InChI is InChI=1S/C36H30N4O5/c1-43-31-19-26-28(20-32(31)44-2)37-21-38-35(26)45-30-18-17-27(23-13-9-10-14-24(23)30)39-34(41)33-25-15-7-4-8-16-29(25)40(36(33)42)22-11-5-3-6-12-22/h3,5-6,9-14,16-21H,4,7-8,15H2,1-2H3,(H,39,41). The zero-order valence-corrected chi connectivity index (χ0v) is 24.9. The fraction of sp³-hybridized carbons (Fsp3) is 0.167. The molecule has 7 rings (SSSR count). The molecule has 5 aromatic rings. The van der Waals surface area contributed by atoms with Crippen LogP contribution < -0.4 is 24.4 Å². The van der Waals surface area contributed by atoms with Crippen LogP contribution in [0.4, 0.5) is 11.4 Å². The Kier molecular flexibility index (Phi) is 7.34. The second-order valence-electron chi connectivity index (χ2n) is 10.8. The van der Waals surface area contributed by atoms with Crippen molar-refractivity contribution >= 4 is 44.9 Å². The lowest BCUT2D eigenvalue weighted by atomic mass is 10.0. The maximum absolute atomic E-state index is 13.9. The van der Waals surface area contributed by atoms with Gasteiger partial charge in [-0.05, 0) is 61.6 Å². The van der Waals surface area contributed by atoms with Crippen molar-refractivity contribution in [1.82, 2.24) is 9.97 Å². The van der Waals surface area contributed by atoms with E-state index in [0.29, 0.717) is 46.1 Å². The number of nitrogens with zero attached hydrogens (tertiary/aromatic N) is 3. The third-order valence-electron chi connectivity index (χ3n) is 8.17. The molecule has 2 aliphatic rings. The summed E-state index contributed by atoms with van der Waals surface area (Å²) in [4.78, 5) is 38.2. The molecule has 0 saturated carbocycles. The molecule has 9 nitrogen and oxygen atoms in total. The first-order valence-electron chi connectivity index (χ1n) is 14.8. The molecule has 0 fully saturated rings. The maximum Gasteiger partial charge on any atom is 0.268 e. The van der Waals surface area contributed by atoms with E-state index in [-0.39, 0.29) is 11.5 Å². The molecule has 0 bridgehead atoms. The third-order valence-corrected chi connectivity index (χ3v) is 8.17. The lowest BCUT2D eigenvalue weighted by molar-refractivity contribution is -0.119. The summed E-state index contributed by atoms with van der Waals surface area (Å²) in [5.41, 5.74) is 3.75. The van der Waals surface area contributed by atoms with Gasteiger partial charge in [-0.15, -0.1) is 0 Å². The van der Waals surface area contributed by atoms with Crippen molar-refractivity contribution in [2.75, 3.05) is 24.4 Å². The number of rotatable bonds is 7. The quantitative estimate of drug-likeness (QED) is 0.196. The van der Waals surface area contributed by atoms with E-state index in [1.165, 1.54) is 6.33 Å². The number of ether oxygens (including phenoxy) is 3. The second kappa shape index (κ2) is 11.8. The Balaban J connectivity index is 1.24. The van der Waals surface area contributed by atoms with Crippen LogP contribution in [0.5, 0.6) is 23.1 Å². The molecule has 0 radical (unpaired) electrons.